The molecule has 2 amide bonds. The highest BCUT2D eigenvalue weighted by molar-refractivity contribution is 5.67. The summed E-state index contributed by atoms with van der Waals surface area (Å²) < 4.78 is 20.5. The molecule has 0 aromatic carbocycles. The van der Waals surface area contributed by atoms with Crippen molar-refractivity contribution in [3.63, 3.8) is 0 Å². The second kappa shape index (κ2) is 29.8. The molecule has 8 nitrogen and oxygen atoms in total. The van der Waals surface area contributed by atoms with Crippen LogP contribution in [-0.4, -0.2) is 63.9 Å². The summed E-state index contributed by atoms with van der Waals surface area (Å²) in [7, 11) is 0. The molecule has 0 spiro atoms. The van der Waals surface area contributed by atoms with Crippen molar-refractivity contribution >= 4 is 12.2 Å². The summed E-state index contributed by atoms with van der Waals surface area (Å²) in [5, 5.41) is 5.74. The summed E-state index contributed by atoms with van der Waals surface area (Å²) in [6.45, 7) is 8.31. The van der Waals surface area contributed by atoms with E-state index in [0.29, 0.717) is 26.3 Å². The topological polar surface area (TPSA) is 102 Å². The van der Waals surface area contributed by atoms with E-state index >= 15 is 0 Å². The van der Waals surface area contributed by atoms with E-state index in [1.165, 1.54) is 167 Å². The molecule has 6 atom stereocenters. The van der Waals surface area contributed by atoms with E-state index in [4.69, 9.17) is 18.9 Å². The lowest BCUT2D eigenvalue weighted by atomic mass is 9.61. The summed E-state index contributed by atoms with van der Waals surface area (Å²) in [5.74, 6) is 3.81. The van der Waals surface area contributed by atoms with Gasteiger partial charge in [0.2, 0.25) is 0 Å². The van der Waals surface area contributed by atoms with Crippen molar-refractivity contribution in [1.29, 1.82) is 0 Å². The predicted octanol–water partition coefficient (Wildman–Crippen LogP) is 11.7. The Morgan fingerprint density at radius 2 is 0.808 bits per heavy atom. The highest BCUT2D eigenvalue weighted by Crippen LogP contribution is 2.47. The Kier molecular flexibility index (Phi) is 25.7. The number of hydrogen-bond acceptors (Lipinski definition) is 6. The fourth-order valence-corrected chi connectivity index (χ4v) is 8.77. The molecule has 6 unspecified atom stereocenters. The van der Waals surface area contributed by atoms with Crippen LogP contribution in [-0.2, 0) is 18.9 Å². The highest BCUT2D eigenvalue weighted by Gasteiger charge is 2.37. The molecule has 2 saturated heterocycles. The molecular weight excluding hydrogens is 652 g/mol. The van der Waals surface area contributed by atoms with E-state index in [9.17, 15) is 9.59 Å². The maximum Gasteiger partial charge on any atom is 0.407 e. The summed E-state index contributed by atoms with van der Waals surface area (Å²) in [4.78, 5) is 23.4. The Balaban J connectivity index is 1.33. The van der Waals surface area contributed by atoms with E-state index in [1.54, 1.807) is 0 Å². The van der Waals surface area contributed by atoms with Gasteiger partial charge in [0.25, 0.3) is 0 Å². The van der Waals surface area contributed by atoms with Crippen molar-refractivity contribution in [1.82, 2.24) is 10.6 Å². The molecule has 304 valence electrons. The lowest BCUT2D eigenvalue weighted by Gasteiger charge is -2.44. The molecule has 52 heavy (non-hydrogen) atoms. The summed E-state index contributed by atoms with van der Waals surface area (Å²) in [5.41, 5.74) is 0. The minimum Gasteiger partial charge on any atom is -0.447 e. The Morgan fingerprint density at radius 1 is 0.481 bits per heavy atom. The van der Waals surface area contributed by atoms with Gasteiger partial charge in [-0.25, -0.2) is 9.59 Å². The van der Waals surface area contributed by atoms with Crippen molar-refractivity contribution in [3.8, 4) is 0 Å². The molecule has 3 aliphatic rings. The minimum absolute atomic E-state index is 0.128. The molecule has 2 heterocycles. The van der Waals surface area contributed by atoms with Gasteiger partial charge >= 0.3 is 12.2 Å². The molecule has 0 aromatic rings. The first-order chi connectivity index (χ1) is 25.6. The number of rotatable bonds is 34. The predicted molar refractivity (Wildman–Crippen MR) is 213 cm³/mol. The molecule has 2 N–H and O–H groups in total. The Morgan fingerprint density at radius 3 is 1.21 bits per heavy atom. The van der Waals surface area contributed by atoms with Gasteiger partial charge in [-0.3, -0.25) is 0 Å². The third-order valence-electron chi connectivity index (χ3n) is 12.1. The molecule has 0 radical (unpaired) electrons. The first-order valence-corrected chi connectivity index (χ1v) is 22.6. The summed E-state index contributed by atoms with van der Waals surface area (Å²) >= 11 is 0. The first-order valence-electron chi connectivity index (χ1n) is 22.6. The number of carbonyl (C=O) groups excluding carboxylic acids is 2. The van der Waals surface area contributed by atoms with Crippen LogP contribution in [0.25, 0.3) is 0 Å². The van der Waals surface area contributed by atoms with Gasteiger partial charge in [0.05, 0.1) is 13.2 Å². The summed E-state index contributed by atoms with van der Waals surface area (Å²) in [6.07, 6.45) is 37.6. The number of ether oxygens (including phenoxy) is 4. The molecule has 8 heteroatoms. The van der Waals surface area contributed by atoms with Crippen LogP contribution >= 0.6 is 0 Å². The SMILES string of the molecule is CCCCCCCC1C(CCCCC)CCC(CCCCCCCCCNC(=O)OCC2CO2)C1CCCCCCCCCNC(=O)OCC1CO1. The molecular formula is C44H82N2O6. The van der Waals surface area contributed by atoms with Gasteiger partial charge in [-0.1, -0.05) is 155 Å². The van der Waals surface area contributed by atoms with Gasteiger partial charge < -0.3 is 29.6 Å². The van der Waals surface area contributed by atoms with E-state index in [2.05, 4.69) is 24.5 Å². The van der Waals surface area contributed by atoms with Crippen LogP contribution < -0.4 is 10.6 Å². The van der Waals surface area contributed by atoms with Crippen molar-refractivity contribution in [2.75, 3.05) is 39.5 Å². The standard InChI is InChI=1S/C44H82N2O6/c1-3-5-7-14-21-27-41-37(25-19-6-4-2)29-30-38(26-20-15-10-8-12-17-23-31-45-43(47)51-35-39-33-49-39)42(41)28-22-16-11-9-13-18-24-32-46-44(48)52-36-40-34-50-40/h37-42H,3-36H2,1-2H3,(H,45,47)(H,46,48). The largest absolute Gasteiger partial charge is 0.447 e. The van der Waals surface area contributed by atoms with Gasteiger partial charge in [-0.05, 0) is 62.2 Å². The van der Waals surface area contributed by atoms with E-state index in [1.807, 2.05) is 0 Å². The van der Waals surface area contributed by atoms with Crippen molar-refractivity contribution in [3.05, 3.63) is 0 Å². The average Bonchev–Trinajstić information content (AvgIpc) is 4.09. The van der Waals surface area contributed by atoms with Gasteiger partial charge in [0, 0.05) is 13.1 Å². The zero-order valence-electron chi connectivity index (χ0n) is 34.0. The monoisotopic (exact) mass is 735 g/mol. The normalized spacial score (nSPS) is 23.7. The van der Waals surface area contributed by atoms with Gasteiger partial charge in [0.15, 0.2) is 0 Å². The van der Waals surface area contributed by atoms with Gasteiger partial charge in [-0.2, -0.15) is 0 Å². The first kappa shape index (κ1) is 44.9. The molecule has 1 aliphatic carbocycles. The Hall–Kier alpha value is -1.54. The quantitative estimate of drug-likeness (QED) is 0.0504. The number of carbonyl (C=O) groups is 2. The maximum atomic E-state index is 11.7. The van der Waals surface area contributed by atoms with Gasteiger partial charge in [-0.15, -0.1) is 0 Å². The fourth-order valence-electron chi connectivity index (χ4n) is 8.77. The lowest BCUT2D eigenvalue weighted by molar-refractivity contribution is 0.0581. The lowest BCUT2D eigenvalue weighted by Crippen LogP contribution is -2.35. The molecule has 3 rings (SSSR count). The smallest absolute Gasteiger partial charge is 0.407 e. The van der Waals surface area contributed by atoms with Crippen molar-refractivity contribution < 1.29 is 28.5 Å². The molecule has 2 aliphatic heterocycles. The number of epoxide rings is 2. The van der Waals surface area contributed by atoms with Crippen LogP contribution in [0.4, 0.5) is 9.59 Å². The van der Waals surface area contributed by atoms with Crippen LogP contribution in [0.2, 0.25) is 0 Å². The molecule has 3 fully saturated rings. The zero-order valence-corrected chi connectivity index (χ0v) is 34.0. The van der Waals surface area contributed by atoms with Gasteiger partial charge in [0.1, 0.15) is 25.4 Å². The van der Waals surface area contributed by atoms with Crippen LogP contribution in [0.1, 0.15) is 194 Å². The molecule has 1 saturated carbocycles. The van der Waals surface area contributed by atoms with Crippen LogP contribution in [0.5, 0.6) is 0 Å². The second-order valence-corrected chi connectivity index (χ2v) is 16.6. The fraction of sp³-hybridized carbons (Fsp3) is 0.955. The molecule has 0 bridgehead atoms. The number of nitrogens with one attached hydrogen (secondary N) is 2. The zero-order chi connectivity index (χ0) is 36.9. The second-order valence-electron chi connectivity index (χ2n) is 16.6. The third-order valence-corrected chi connectivity index (χ3v) is 12.1. The molecule has 0 aromatic heterocycles. The Labute approximate surface area is 319 Å². The van der Waals surface area contributed by atoms with E-state index < -0.39 is 0 Å². The van der Waals surface area contributed by atoms with E-state index in [-0.39, 0.29) is 24.4 Å². The highest BCUT2D eigenvalue weighted by atomic mass is 16.6. The maximum absolute atomic E-state index is 11.7. The third kappa shape index (κ3) is 22.6. The van der Waals surface area contributed by atoms with Crippen molar-refractivity contribution in [2.24, 2.45) is 23.7 Å². The minimum atomic E-state index is -0.306. The Bertz CT molecular complexity index is 881. The van der Waals surface area contributed by atoms with E-state index in [0.717, 1.165) is 49.7 Å². The number of hydrogen-bond donors (Lipinski definition) is 2. The van der Waals surface area contributed by atoms with Crippen LogP contribution in [0.3, 0.4) is 0 Å². The average molecular weight is 735 g/mol. The number of alkyl carbamates (subject to hydrolysis) is 2. The van der Waals surface area contributed by atoms with Crippen LogP contribution in [0.15, 0.2) is 0 Å². The van der Waals surface area contributed by atoms with Crippen molar-refractivity contribution in [2.45, 2.75) is 206 Å². The number of amides is 2. The summed E-state index contributed by atoms with van der Waals surface area (Å²) in [6, 6.07) is 0. The number of unbranched alkanes of at least 4 members (excludes halogenated alkanes) is 18. The van der Waals surface area contributed by atoms with Crippen LogP contribution in [0, 0.1) is 23.7 Å².